The number of methoxy groups -OCH3 is 2. The van der Waals surface area contributed by atoms with Gasteiger partial charge in [-0.15, -0.1) is 0 Å². The highest BCUT2D eigenvalue weighted by Gasteiger charge is 2.16. The molecule has 3 aromatic heterocycles. The highest BCUT2D eigenvalue weighted by Crippen LogP contribution is 2.37. The third kappa shape index (κ3) is 5.52. The van der Waals surface area contributed by atoms with Crippen LogP contribution in [0.4, 0.5) is 5.82 Å². The van der Waals surface area contributed by atoms with E-state index in [1.165, 1.54) is 32.1 Å². The maximum absolute atomic E-state index is 6.36. The number of nitrogen functional groups attached to an aromatic ring is 1. The first-order valence-electron chi connectivity index (χ1n) is 12.7. The Morgan fingerprint density at radius 1 is 0.946 bits per heavy atom. The molecule has 1 aliphatic rings. The molecule has 9 heteroatoms. The summed E-state index contributed by atoms with van der Waals surface area (Å²) in [6.45, 7) is 1.13. The molecule has 9 nitrogen and oxygen atoms in total. The van der Waals surface area contributed by atoms with Crippen molar-refractivity contribution in [3.63, 3.8) is 0 Å². The summed E-state index contributed by atoms with van der Waals surface area (Å²) in [5.41, 5.74) is 14.9. The molecule has 194 valence electrons. The van der Waals surface area contributed by atoms with E-state index in [2.05, 4.69) is 20.3 Å². The van der Waals surface area contributed by atoms with Gasteiger partial charge >= 0.3 is 0 Å². The lowest BCUT2D eigenvalue weighted by Gasteiger charge is -2.24. The number of anilines is 1. The maximum atomic E-state index is 6.36. The molecule has 0 unspecified atom stereocenters. The van der Waals surface area contributed by atoms with Gasteiger partial charge in [0.2, 0.25) is 0 Å². The van der Waals surface area contributed by atoms with E-state index in [4.69, 9.17) is 25.7 Å². The van der Waals surface area contributed by atoms with Gasteiger partial charge in [0.15, 0.2) is 11.5 Å². The molecular formula is C28H34N6O3. The van der Waals surface area contributed by atoms with E-state index < -0.39 is 0 Å². The summed E-state index contributed by atoms with van der Waals surface area (Å²) in [5, 5.41) is 6.15. The topological polar surface area (TPSA) is 130 Å². The van der Waals surface area contributed by atoms with E-state index in [1.54, 1.807) is 32.8 Å². The molecule has 3 heterocycles. The van der Waals surface area contributed by atoms with Crippen LogP contribution in [0.5, 0.6) is 17.2 Å². The van der Waals surface area contributed by atoms with Gasteiger partial charge in [0.1, 0.15) is 18.2 Å². The van der Waals surface area contributed by atoms with Crippen molar-refractivity contribution in [2.24, 2.45) is 5.73 Å². The number of nitrogens with two attached hydrogens (primary N) is 2. The SMILES string of the molecule is COc1cc2ncc3c(N)nc(-c4cncc(OC[C@@H](N)CNC5CCCCC5)c4)cc3c2cc1OC. The van der Waals surface area contributed by atoms with Crippen LogP contribution in [-0.2, 0) is 0 Å². The molecule has 0 saturated heterocycles. The van der Waals surface area contributed by atoms with Crippen molar-refractivity contribution in [2.75, 3.05) is 33.1 Å². The first kappa shape index (κ1) is 25.0. The predicted octanol–water partition coefficient (Wildman–Crippen LogP) is 4.07. The quantitative estimate of drug-likeness (QED) is 0.290. The highest BCUT2D eigenvalue weighted by atomic mass is 16.5. The second kappa shape index (κ2) is 11.1. The van der Waals surface area contributed by atoms with Crippen LogP contribution in [0.3, 0.4) is 0 Å². The molecule has 0 aliphatic heterocycles. The van der Waals surface area contributed by atoms with Crippen molar-refractivity contribution in [1.82, 2.24) is 20.3 Å². The average Bonchev–Trinajstić information content (AvgIpc) is 2.94. The van der Waals surface area contributed by atoms with Crippen molar-refractivity contribution in [1.29, 1.82) is 0 Å². The number of fused-ring (bicyclic) bond motifs is 3. The number of hydrogen-bond acceptors (Lipinski definition) is 9. The van der Waals surface area contributed by atoms with Crippen LogP contribution in [0.15, 0.2) is 42.9 Å². The molecule has 0 radical (unpaired) electrons. The Morgan fingerprint density at radius 3 is 2.51 bits per heavy atom. The standard InChI is InChI=1S/C28H34N6O3/c1-35-26-10-22-21-9-24(34-28(30)23(21)15-33-25(22)11-27(26)36-2)17-8-20(14-31-12-17)37-16-18(29)13-32-19-6-4-3-5-7-19/h8-12,14-15,18-19,32H,3-7,13,16,29H2,1-2H3,(H2,30,34)/t18-/m0/s1. The van der Waals surface area contributed by atoms with Crippen LogP contribution in [0.1, 0.15) is 32.1 Å². The number of benzene rings is 1. The fourth-order valence-corrected chi connectivity index (χ4v) is 4.93. The molecule has 1 saturated carbocycles. The van der Waals surface area contributed by atoms with Crippen LogP contribution in [0, 0.1) is 0 Å². The predicted molar refractivity (Wildman–Crippen MR) is 146 cm³/mol. The Balaban J connectivity index is 1.37. The summed E-state index contributed by atoms with van der Waals surface area (Å²) in [6.07, 6.45) is 11.6. The lowest BCUT2D eigenvalue weighted by molar-refractivity contribution is 0.272. The maximum Gasteiger partial charge on any atom is 0.162 e. The Labute approximate surface area is 216 Å². The second-order valence-corrected chi connectivity index (χ2v) is 9.56. The van der Waals surface area contributed by atoms with Gasteiger partial charge in [0.25, 0.3) is 0 Å². The van der Waals surface area contributed by atoms with Crippen LogP contribution < -0.4 is 31.0 Å². The van der Waals surface area contributed by atoms with Gasteiger partial charge in [-0.1, -0.05) is 19.3 Å². The minimum absolute atomic E-state index is 0.106. The van der Waals surface area contributed by atoms with Crippen molar-refractivity contribution >= 4 is 27.5 Å². The van der Waals surface area contributed by atoms with Crippen LogP contribution >= 0.6 is 0 Å². The number of nitrogens with one attached hydrogen (secondary N) is 1. The number of hydrogen-bond donors (Lipinski definition) is 3. The Kier molecular flexibility index (Phi) is 7.52. The third-order valence-electron chi connectivity index (χ3n) is 6.96. The van der Waals surface area contributed by atoms with E-state index in [9.17, 15) is 0 Å². The molecule has 1 atom stereocenters. The summed E-state index contributed by atoms with van der Waals surface area (Å²) in [5.74, 6) is 2.26. The van der Waals surface area contributed by atoms with Gasteiger partial charge in [0.05, 0.1) is 37.7 Å². The van der Waals surface area contributed by atoms with E-state index in [1.807, 2.05) is 24.3 Å². The molecule has 4 aromatic rings. The monoisotopic (exact) mass is 502 g/mol. The van der Waals surface area contributed by atoms with Gasteiger partial charge in [-0.3, -0.25) is 9.97 Å². The molecule has 5 N–H and O–H groups in total. The lowest BCUT2D eigenvalue weighted by Crippen LogP contribution is -2.43. The zero-order chi connectivity index (χ0) is 25.8. The number of ether oxygens (including phenoxy) is 3. The number of pyridine rings is 3. The molecule has 1 fully saturated rings. The van der Waals surface area contributed by atoms with Crippen LogP contribution in [0.2, 0.25) is 0 Å². The van der Waals surface area contributed by atoms with Crippen molar-refractivity contribution in [3.8, 4) is 28.5 Å². The van der Waals surface area contributed by atoms with Gasteiger partial charge < -0.3 is 31.0 Å². The zero-order valence-electron chi connectivity index (χ0n) is 21.4. The summed E-state index contributed by atoms with van der Waals surface area (Å²) in [6, 6.07) is 8.13. The summed E-state index contributed by atoms with van der Waals surface area (Å²) in [4.78, 5) is 13.5. The number of nitrogens with zero attached hydrogens (tertiary/aromatic N) is 3. The minimum Gasteiger partial charge on any atom is -0.493 e. The van der Waals surface area contributed by atoms with E-state index in [-0.39, 0.29) is 6.04 Å². The zero-order valence-corrected chi connectivity index (χ0v) is 21.4. The molecule has 1 aliphatic carbocycles. The lowest BCUT2D eigenvalue weighted by atomic mass is 9.95. The molecule has 5 rings (SSSR count). The average molecular weight is 503 g/mol. The Morgan fingerprint density at radius 2 is 1.73 bits per heavy atom. The second-order valence-electron chi connectivity index (χ2n) is 9.56. The fourth-order valence-electron chi connectivity index (χ4n) is 4.93. The first-order chi connectivity index (χ1) is 18.1. The van der Waals surface area contributed by atoms with E-state index in [0.717, 1.165) is 33.8 Å². The van der Waals surface area contributed by atoms with Gasteiger partial charge in [-0.25, -0.2) is 4.98 Å². The fraction of sp³-hybridized carbons (Fsp3) is 0.393. The third-order valence-corrected chi connectivity index (χ3v) is 6.96. The van der Waals surface area contributed by atoms with E-state index >= 15 is 0 Å². The summed E-state index contributed by atoms with van der Waals surface area (Å²) < 4.78 is 16.9. The summed E-state index contributed by atoms with van der Waals surface area (Å²) in [7, 11) is 3.21. The normalized spacial score (nSPS) is 15.1. The van der Waals surface area contributed by atoms with Crippen molar-refractivity contribution < 1.29 is 14.2 Å². The van der Waals surface area contributed by atoms with E-state index in [0.29, 0.717) is 41.4 Å². The van der Waals surface area contributed by atoms with Crippen molar-refractivity contribution in [2.45, 2.75) is 44.2 Å². The van der Waals surface area contributed by atoms with Crippen LogP contribution in [-0.4, -0.2) is 54.4 Å². The van der Waals surface area contributed by atoms with Gasteiger partial charge in [-0.05, 0) is 36.4 Å². The molecule has 0 amide bonds. The molecule has 37 heavy (non-hydrogen) atoms. The number of aromatic nitrogens is 3. The first-order valence-corrected chi connectivity index (χ1v) is 12.7. The molecule has 0 spiro atoms. The smallest absolute Gasteiger partial charge is 0.162 e. The molecule has 0 bridgehead atoms. The highest BCUT2D eigenvalue weighted by molar-refractivity contribution is 6.10. The minimum atomic E-state index is -0.106. The Bertz CT molecular complexity index is 1390. The Hall–Kier alpha value is -3.69. The van der Waals surface area contributed by atoms with Crippen molar-refractivity contribution in [3.05, 3.63) is 42.9 Å². The summed E-state index contributed by atoms with van der Waals surface area (Å²) >= 11 is 0. The number of rotatable bonds is 9. The van der Waals surface area contributed by atoms with Crippen LogP contribution in [0.25, 0.3) is 32.9 Å². The van der Waals surface area contributed by atoms with Gasteiger partial charge in [0, 0.05) is 47.4 Å². The molecule has 1 aromatic carbocycles. The molecular weight excluding hydrogens is 468 g/mol. The largest absolute Gasteiger partial charge is 0.493 e. The van der Waals surface area contributed by atoms with Gasteiger partial charge in [-0.2, -0.15) is 0 Å².